The summed E-state index contributed by atoms with van der Waals surface area (Å²) >= 11 is -3.23. The molecule has 2 rings (SSSR count). The van der Waals surface area contributed by atoms with E-state index < -0.39 is 72.9 Å². The summed E-state index contributed by atoms with van der Waals surface area (Å²) in [6.45, 7) is 1.39. The Morgan fingerprint density at radius 1 is 0.640 bits per heavy atom. The smallest absolute Gasteiger partial charge is 0.610 e. The average Bonchev–Trinajstić information content (AvgIpc) is 2.59. The molecular weight excluding hydrogens is 379 g/mol. The second-order valence-corrected chi connectivity index (χ2v) is 6.82. The zero-order valence-corrected chi connectivity index (χ0v) is 13.4. The molecule has 25 heavy (non-hydrogen) atoms. The average molecular weight is 386 g/mol. The van der Waals surface area contributed by atoms with Gasteiger partial charge in [-0.1, -0.05) is 6.92 Å². The van der Waals surface area contributed by atoms with Crippen LogP contribution in [-0.4, -0.2) is 14.8 Å². The molecule has 134 valence electrons. The first-order chi connectivity index (χ1) is 11.7. The quantitative estimate of drug-likeness (QED) is 0.319. The fourth-order valence-electron chi connectivity index (χ4n) is 1.75. The molecule has 0 unspecified atom stereocenters. The zero-order chi connectivity index (χ0) is 18.9. The molecule has 0 bridgehead atoms. The number of hydrogen-bond acceptors (Lipinski definition) is 2. The minimum absolute atomic E-state index is 0.0832. The molecule has 11 heteroatoms. The van der Waals surface area contributed by atoms with Crippen LogP contribution in [0, 0.1) is 46.5 Å². The molecule has 2 aromatic rings. The lowest BCUT2D eigenvalue weighted by molar-refractivity contribution is 0.348. The van der Waals surface area contributed by atoms with Crippen LogP contribution in [0.3, 0.4) is 0 Å². The van der Waals surface area contributed by atoms with Crippen LogP contribution >= 0.6 is 0 Å². The van der Waals surface area contributed by atoms with Crippen molar-refractivity contribution in [1.29, 1.82) is 0 Å². The van der Waals surface area contributed by atoms with Gasteiger partial charge in [0.05, 0.1) is 0 Å². The van der Waals surface area contributed by atoms with E-state index in [1.807, 2.05) is 0 Å². The summed E-state index contributed by atoms with van der Waals surface area (Å²) < 4.78 is 115. The van der Waals surface area contributed by atoms with Crippen LogP contribution in [0.25, 0.3) is 0 Å². The van der Waals surface area contributed by atoms with Crippen molar-refractivity contribution in [2.24, 2.45) is 0 Å². The van der Waals surface area contributed by atoms with E-state index in [0.717, 1.165) is 0 Å². The van der Waals surface area contributed by atoms with Crippen molar-refractivity contribution in [1.82, 2.24) is 0 Å². The number of hydrogen-bond donors (Lipinski definition) is 0. The van der Waals surface area contributed by atoms with E-state index in [1.54, 1.807) is 0 Å². The van der Waals surface area contributed by atoms with E-state index in [2.05, 4.69) is 0 Å². The Labute approximate surface area is 140 Å². The van der Waals surface area contributed by atoms with Crippen molar-refractivity contribution in [3.8, 4) is 11.5 Å². The molecule has 0 aliphatic rings. The molecule has 2 nitrogen and oxygen atoms in total. The molecular formula is C14H7AlF8O2. The van der Waals surface area contributed by atoms with Gasteiger partial charge in [-0.05, 0) is 5.28 Å². The monoisotopic (exact) mass is 386 g/mol. The molecule has 0 N–H and O–H groups in total. The van der Waals surface area contributed by atoms with Gasteiger partial charge in [-0.2, -0.15) is 8.78 Å². The highest BCUT2D eigenvalue weighted by atomic mass is 27.2. The van der Waals surface area contributed by atoms with E-state index in [4.69, 9.17) is 7.58 Å². The Kier molecular flexibility index (Phi) is 5.80. The maximum Gasteiger partial charge on any atom is 0.856 e. The predicted molar refractivity (Wildman–Crippen MR) is 70.0 cm³/mol. The van der Waals surface area contributed by atoms with Crippen molar-refractivity contribution >= 4 is 14.8 Å². The van der Waals surface area contributed by atoms with Crippen LogP contribution in [0.1, 0.15) is 6.92 Å². The van der Waals surface area contributed by atoms with Crippen molar-refractivity contribution in [3.05, 3.63) is 58.7 Å². The van der Waals surface area contributed by atoms with Crippen LogP contribution in [0.15, 0.2) is 12.1 Å². The third-order valence-corrected chi connectivity index (χ3v) is 4.69. The molecule has 2 aromatic carbocycles. The summed E-state index contributed by atoms with van der Waals surface area (Å²) in [5, 5.41) is -0.0832. The van der Waals surface area contributed by atoms with Crippen LogP contribution in [0.5, 0.6) is 11.5 Å². The molecule has 0 aliphatic carbocycles. The summed E-state index contributed by atoms with van der Waals surface area (Å²) in [7, 11) is 0. The van der Waals surface area contributed by atoms with Gasteiger partial charge in [0, 0.05) is 12.1 Å². The van der Waals surface area contributed by atoms with Gasteiger partial charge in [0.25, 0.3) is 0 Å². The highest BCUT2D eigenvalue weighted by Gasteiger charge is 2.34. The van der Waals surface area contributed by atoms with Gasteiger partial charge < -0.3 is 7.58 Å². The summed E-state index contributed by atoms with van der Waals surface area (Å²) in [6, 6.07) is 0.407. The van der Waals surface area contributed by atoms with Gasteiger partial charge >= 0.3 is 14.8 Å². The first-order valence-electron chi connectivity index (χ1n) is 6.66. The normalized spacial score (nSPS) is 10.8. The number of benzene rings is 2. The molecule has 0 heterocycles. The molecule has 0 saturated heterocycles. The third kappa shape index (κ3) is 3.82. The van der Waals surface area contributed by atoms with E-state index in [9.17, 15) is 35.1 Å². The lowest BCUT2D eigenvalue weighted by Gasteiger charge is -2.17. The third-order valence-electron chi connectivity index (χ3n) is 2.99. The zero-order valence-electron chi connectivity index (χ0n) is 12.3. The standard InChI is InChI=1S/2C6H2F4O.C2H5.Al/c2*7-2-1-3(11)5(9)6(10)4(2)8;1-2;/h2*1,11H;1H2,2H3;/q;;;+2/p-2. The summed E-state index contributed by atoms with van der Waals surface area (Å²) in [4.78, 5) is 0. The molecule has 0 spiro atoms. The highest BCUT2D eigenvalue weighted by molar-refractivity contribution is 6.46. The Hall–Kier alpha value is -1.99. The molecule has 0 amide bonds. The van der Waals surface area contributed by atoms with Gasteiger partial charge in [0.15, 0.2) is 23.3 Å². The van der Waals surface area contributed by atoms with Gasteiger partial charge in [-0.3, -0.25) is 0 Å². The topological polar surface area (TPSA) is 18.5 Å². The largest absolute Gasteiger partial charge is 0.856 e. The van der Waals surface area contributed by atoms with Crippen molar-refractivity contribution in [2.75, 3.05) is 0 Å². The number of halogens is 8. The van der Waals surface area contributed by atoms with Crippen molar-refractivity contribution in [2.45, 2.75) is 12.2 Å². The Balaban J connectivity index is 2.31. The summed E-state index contributed by atoms with van der Waals surface area (Å²) in [6.07, 6.45) is 0. The Morgan fingerprint density at radius 3 is 1.32 bits per heavy atom. The van der Waals surface area contributed by atoms with Crippen molar-refractivity contribution < 1.29 is 42.7 Å². The maximum atomic E-state index is 13.6. The SMILES string of the molecule is C[CH2][Al]([O]c1cc(F)c(F)c(F)c1F)[O]c1cc(F)c(F)c(F)c1F. The second kappa shape index (κ2) is 7.49. The summed E-state index contributed by atoms with van der Waals surface area (Å²) in [5.74, 6) is -17.7. The van der Waals surface area contributed by atoms with Gasteiger partial charge in [-0.25, -0.2) is 26.3 Å². The van der Waals surface area contributed by atoms with Gasteiger partial charge in [-0.15, -0.1) is 0 Å². The van der Waals surface area contributed by atoms with E-state index in [1.165, 1.54) is 6.92 Å². The highest BCUT2D eigenvalue weighted by Crippen LogP contribution is 2.28. The van der Waals surface area contributed by atoms with Crippen LogP contribution in [0.4, 0.5) is 35.1 Å². The molecule has 0 fully saturated rings. The second-order valence-electron chi connectivity index (χ2n) is 4.67. The van der Waals surface area contributed by atoms with Crippen LogP contribution < -0.4 is 7.58 Å². The van der Waals surface area contributed by atoms with E-state index in [0.29, 0.717) is 0 Å². The molecule has 0 saturated carbocycles. The molecule has 0 aromatic heterocycles. The fraction of sp³-hybridized carbons (Fsp3) is 0.143. The first kappa shape index (κ1) is 19.3. The fourth-order valence-corrected chi connectivity index (χ4v) is 3.04. The van der Waals surface area contributed by atoms with E-state index >= 15 is 0 Å². The molecule has 0 atom stereocenters. The predicted octanol–water partition coefficient (Wildman–Crippen LogP) is 4.77. The number of rotatable bonds is 5. The lowest BCUT2D eigenvalue weighted by Crippen LogP contribution is -2.30. The van der Waals surface area contributed by atoms with Gasteiger partial charge in [0.1, 0.15) is 11.5 Å². The Bertz CT molecular complexity index is 749. The molecule has 0 radical (unpaired) electrons. The maximum absolute atomic E-state index is 13.6. The van der Waals surface area contributed by atoms with Crippen molar-refractivity contribution in [3.63, 3.8) is 0 Å². The van der Waals surface area contributed by atoms with Crippen LogP contribution in [-0.2, 0) is 0 Å². The van der Waals surface area contributed by atoms with Gasteiger partial charge in [0.2, 0.25) is 23.3 Å². The minimum atomic E-state index is -3.23. The first-order valence-corrected chi connectivity index (χ1v) is 8.42. The summed E-state index contributed by atoms with van der Waals surface area (Å²) in [5.41, 5.74) is 0. The van der Waals surface area contributed by atoms with E-state index in [-0.39, 0.29) is 17.4 Å². The lowest BCUT2D eigenvalue weighted by atomic mass is 10.3. The molecule has 0 aliphatic heterocycles. The Morgan fingerprint density at radius 2 is 1.00 bits per heavy atom. The minimum Gasteiger partial charge on any atom is -0.610 e. The van der Waals surface area contributed by atoms with Crippen LogP contribution in [0.2, 0.25) is 5.28 Å².